The lowest BCUT2D eigenvalue weighted by molar-refractivity contribution is -0.141. The molecule has 0 amide bonds. The summed E-state index contributed by atoms with van der Waals surface area (Å²) in [7, 11) is 0. The van der Waals surface area contributed by atoms with Crippen molar-refractivity contribution in [1.29, 1.82) is 0 Å². The second-order valence-electron chi connectivity index (χ2n) is 6.43. The molecular formula is C18H20ClF3N4O. The molecule has 5 nitrogen and oxygen atoms in total. The molecule has 27 heavy (non-hydrogen) atoms. The van der Waals surface area contributed by atoms with Gasteiger partial charge in [-0.05, 0) is 25.1 Å². The van der Waals surface area contributed by atoms with Crippen LogP contribution in [0.4, 0.5) is 19.1 Å². The Labute approximate surface area is 160 Å². The minimum absolute atomic E-state index is 0.0458. The molecule has 1 saturated heterocycles. The van der Waals surface area contributed by atoms with Gasteiger partial charge in [0.2, 0.25) is 5.95 Å². The number of halogens is 4. The van der Waals surface area contributed by atoms with Crippen LogP contribution in [0.5, 0.6) is 0 Å². The summed E-state index contributed by atoms with van der Waals surface area (Å²) in [6.07, 6.45) is -4.56. The van der Waals surface area contributed by atoms with Gasteiger partial charge in [-0.1, -0.05) is 23.7 Å². The molecule has 1 aromatic heterocycles. The summed E-state index contributed by atoms with van der Waals surface area (Å²) in [5.41, 5.74) is -0.255. The normalized spacial score (nSPS) is 16.9. The first-order valence-corrected chi connectivity index (χ1v) is 8.98. The smallest absolute Gasteiger partial charge is 0.379 e. The Morgan fingerprint density at radius 2 is 1.85 bits per heavy atom. The van der Waals surface area contributed by atoms with E-state index in [4.69, 9.17) is 16.3 Å². The molecule has 0 spiro atoms. The maximum absolute atomic E-state index is 13.3. The Morgan fingerprint density at radius 1 is 1.19 bits per heavy atom. The number of benzene rings is 1. The number of rotatable bonds is 5. The number of hydrogen-bond donors (Lipinski definition) is 1. The molecule has 2 aromatic rings. The molecule has 1 aliphatic rings. The van der Waals surface area contributed by atoms with Crippen molar-refractivity contribution < 1.29 is 17.9 Å². The van der Waals surface area contributed by atoms with Crippen LogP contribution in [-0.2, 0) is 10.9 Å². The predicted octanol–water partition coefficient (Wildman–Crippen LogP) is 3.95. The van der Waals surface area contributed by atoms with Crippen molar-refractivity contribution >= 4 is 17.5 Å². The topological polar surface area (TPSA) is 50.3 Å². The summed E-state index contributed by atoms with van der Waals surface area (Å²) in [5, 5.41) is 3.49. The van der Waals surface area contributed by atoms with E-state index in [1.807, 2.05) is 6.92 Å². The van der Waals surface area contributed by atoms with Gasteiger partial charge in [0, 0.05) is 36.3 Å². The van der Waals surface area contributed by atoms with Crippen molar-refractivity contribution in [2.24, 2.45) is 0 Å². The summed E-state index contributed by atoms with van der Waals surface area (Å²) >= 11 is 5.86. The summed E-state index contributed by atoms with van der Waals surface area (Å²) in [6.45, 7) is 5.47. The minimum atomic E-state index is -4.56. The summed E-state index contributed by atoms with van der Waals surface area (Å²) in [4.78, 5) is 10.1. The maximum atomic E-state index is 13.3. The van der Waals surface area contributed by atoms with Gasteiger partial charge in [-0.3, -0.25) is 4.90 Å². The molecule has 0 saturated carbocycles. The van der Waals surface area contributed by atoms with Crippen molar-refractivity contribution in [1.82, 2.24) is 14.9 Å². The van der Waals surface area contributed by atoms with E-state index in [0.717, 1.165) is 19.2 Å². The fourth-order valence-corrected chi connectivity index (χ4v) is 2.99. The van der Waals surface area contributed by atoms with E-state index < -0.39 is 11.9 Å². The number of morpholine rings is 1. The molecule has 0 bridgehead atoms. The quantitative estimate of drug-likeness (QED) is 0.823. The fraction of sp³-hybridized carbons (Fsp3) is 0.444. The SMILES string of the molecule is CC(CN1CCOCC1)Nc1nc(-c2ccc(Cl)cc2)cc(C(F)(F)F)n1. The Bertz CT molecular complexity index is 764. The first-order chi connectivity index (χ1) is 12.8. The number of anilines is 1. The van der Waals surface area contributed by atoms with E-state index in [2.05, 4.69) is 20.2 Å². The van der Waals surface area contributed by atoms with Gasteiger partial charge in [0.1, 0.15) is 0 Å². The highest BCUT2D eigenvalue weighted by Gasteiger charge is 2.34. The monoisotopic (exact) mass is 400 g/mol. The fourth-order valence-electron chi connectivity index (χ4n) is 2.86. The number of nitrogens with one attached hydrogen (secondary N) is 1. The van der Waals surface area contributed by atoms with Gasteiger partial charge in [0.15, 0.2) is 5.69 Å². The van der Waals surface area contributed by atoms with Crippen molar-refractivity contribution in [3.63, 3.8) is 0 Å². The molecule has 0 aliphatic carbocycles. The largest absolute Gasteiger partial charge is 0.433 e. The van der Waals surface area contributed by atoms with Crippen molar-refractivity contribution in [3.8, 4) is 11.3 Å². The third kappa shape index (κ3) is 5.54. The second-order valence-corrected chi connectivity index (χ2v) is 6.86. The number of hydrogen-bond acceptors (Lipinski definition) is 5. The molecule has 9 heteroatoms. The average Bonchev–Trinajstić information content (AvgIpc) is 2.62. The van der Waals surface area contributed by atoms with Crippen molar-refractivity contribution in [3.05, 3.63) is 41.0 Å². The van der Waals surface area contributed by atoms with Gasteiger partial charge in [-0.15, -0.1) is 0 Å². The molecule has 3 rings (SSSR count). The Balaban J connectivity index is 1.82. The van der Waals surface area contributed by atoms with E-state index in [0.29, 0.717) is 30.3 Å². The van der Waals surface area contributed by atoms with E-state index in [9.17, 15) is 13.2 Å². The van der Waals surface area contributed by atoms with E-state index >= 15 is 0 Å². The highest BCUT2D eigenvalue weighted by molar-refractivity contribution is 6.30. The highest BCUT2D eigenvalue weighted by Crippen LogP contribution is 2.31. The molecule has 1 aliphatic heterocycles. The first kappa shape index (κ1) is 19.9. The Hall–Kier alpha value is -1.90. The number of ether oxygens (including phenoxy) is 1. The molecule has 1 N–H and O–H groups in total. The van der Waals surface area contributed by atoms with Gasteiger partial charge in [-0.2, -0.15) is 13.2 Å². The molecular weight excluding hydrogens is 381 g/mol. The van der Waals surface area contributed by atoms with E-state index in [1.54, 1.807) is 24.3 Å². The lowest BCUT2D eigenvalue weighted by Gasteiger charge is -2.29. The first-order valence-electron chi connectivity index (χ1n) is 8.60. The predicted molar refractivity (Wildman–Crippen MR) is 97.8 cm³/mol. The highest BCUT2D eigenvalue weighted by atomic mass is 35.5. The van der Waals surface area contributed by atoms with Crippen molar-refractivity contribution in [2.45, 2.75) is 19.1 Å². The van der Waals surface area contributed by atoms with Gasteiger partial charge < -0.3 is 10.1 Å². The molecule has 2 heterocycles. The third-order valence-corrected chi connectivity index (χ3v) is 4.42. The van der Waals surface area contributed by atoms with Crippen LogP contribution < -0.4 is 5.32 Å². The summed E-state index contributed by atoms with van der Waals surface area (Å²) < 4.78 is 45.1. The zero-order chi connectivity index (χ0) is 19.4. The average molecular weight is 401 g/mol. The third-order valence-electron chi connectivity index (χ3n) is 4.17. The van der Waals surface area contributed by atoms with Crippen LogP contribution >= 0.6 is 11.6 Å². The van der Waals surface area contributed by atoms with E-state index in [1.165, 1.54) is 0 Å². The maximum Gasteiger partial charge on any atom is 0.433 e. The molecule has 1 atom stereocenters. The number of aromatic nitrogens is 2. The molecule has 146 valence electrons. The zero-order valence-corrected chi connectivity index (χ0v) is 15.5. The van der Waals surface area contributed by atoms with Crippen LogP contribution in [0.25, 0.3) is 11.3 Å². The lowest BCUT2D eigenvalue weighted by Crippen LogP contribution is -2.42. The molecule has 1 fully saturated rings. The van der Waals surface area contributed by atoms with Gasteiger partial charge >= 0.3 is 6.18 Å². The van der Waals surface area contributed by atoms with Gasteiger partial charge in [0.25, 0.3) is 0 Å². The standard InChI is InChI=1S/C18H20ClF3N4O/c1-12(11-26-6-8-27-9-7-26)23-17-24-15(10-16(25-17)18(20,21)22)13-2-4-14(19)5-3-13/h2-5,10,12H,6-9,11H2,1H3,(H,23,24,25). The van der Waals surface area contributed by atoms with Crippen LogP contribution in [0.3, 0.4) is 0 Å². The van der Waals surface area contributed by atoms with Gasteiger partial charge in [0.05, 0.1) is 18.9 Å². The summed E-state index contributed by atoms with van der Waals surface area (Å²) in [5.74, 6) is -0.0458. The second kappa shape index (κ2) is 8.41. The Kier molecular flexibility index (Phi) is 6.18. The van der Waals surface area contributed by atoms with Crippen LogP contribution in [0, 0.1) is 0 Å². The van der Waals surface area contributed by atoms with Crippen molar-refractivity contribution in [2.75, 3.05) is 38.2 Å². The van der Waals surface area contributed by atoms with Crippen LogP contribution in [-0.4, -0.2) is 53.8 Å². The minimum Gasteiger partial charge on any atom is -0.379 e. The van der Waals surface area contributed by atoms with Crippen LogP contribution in [0.1, 0.15) is 12.6 Å². The van der Waals surface area contributed by atoms with Crippen LogP contribution in [0.15, 0.2) is 30.3 Å². The molecule has 0 radical (unpaired) electrons. The Morgan fingerprint density at radius 3 is 2.48 bits per heavy atom. The molecule has 1 aromatic carbocycles. The summed E-state index contributed by atoms with van der Waals surface area (Å²) in [6, 6.07) is 7.31. The number of alkyl halides is 3. The van der Waals surface area contributed by atoms with Gasteiger partial charge in [-0.25, -0.2) is 9.97 Å². The van der Waals surface area contributed by atoms with E-state index in [-0.39, 0.29) is 17.7 Å². The van der Waals surface area contributed by atoms with Crippen LogP contribution in [0.2, 0.25) is 5.02 Å². The molecule has 1 unspecified atom stereocenters. The lowest BCUT2D eigenvalue weighted by atomic mass is 10.1. The zero-order valence-electron chi connectivity index (χ0n) is 14.8. The number of nitrogens with zero attached hydrogens (tertiary/aromatic N) is 3.